The highest BCUT2D eigenvalue weighted by Crippen LogP contribution is 2.31. The van der Waals surface area contributed by atoms with Crippen molar-refractivity contribution in [2.75, 3.05) is 19.6 Å². The molecule has 3 aliphatic heterocycles. The van der Waals surface area contributed by atoms with Gasteiger partial charge in [-0.25, -0.2) is 0 Å². The summed E-state index contributed by atoms with van der Waals surface area (Å²) >= 11 is 0. The normalized spacial score (nSPS) is 22.2. The van der Waals surface area contributed by atoms with Crippen LogP contribution >= 0.6 is 0 Å². The standard InChI is InChI=1S/C24H28N4O/c1-2-26-12-10-22-20(5-3-7-23(22)26)16-27-14-18-8-9-21(27)17-28(15-18)24(29)19-6-4-11-25-13-19/h3-7,10-13,18,21H,2,8-9,14-17H2,1H3/t18-,21-/m1/s1. The number of aromatic nitrogens is 2. The first-order chi connectivity index (χ1) is 14.2. The summed E-state index contributed by atoms with van der Waals surface area (Å²) < 4.78 is 2.31. The minimum atomic E-state index is 0.124. The fourth-order valence-electron chi connectivity index (χ4n) is 5.13. The number of amides is 1. The van der Waals surface area contributed by atoms with Gasteiger partial charge in [-0.15, -0.1) is 0 Å². The number of hydrogen-bond donors (Lipinski definition) is 0. The monoisotopic (exact) mass is 388 g/mol. The minimum absolute atomic E-state index is 0.124. The van der Waals surface area contributed by atoms with Crippen LogP contribution in [0.25, 0.3) is 10.9 Å². The maximum absolute atomic E-state index is 13.0. The van der Waals surface area contributed by atoms with E-state index in [2.05, 4.69) is 56.7 Å². The van der Waals surface area contributed by atoms with Gasteiger partial charge in [0.05, 0.1) is 5.56 Å². The van der Waals surface area contributed by atoms with Crippen LogP contribution in [0.2, 0.25) is 0 Å². The molecule has 1 aromatic carbocycles. The fraction of sp³-hybridized carbons (Fsp3) is 0.417. The molecule has 2 aromatic heterocycles. The Morgan fingerprint density at radius 3 is 2.86 bits per heavy atom. The Bertz CT molecular complexity index is 1010. The van der Waals surface area contributed by atoms with E-state index < -0.39 is 0 Å². The molecule has 150 valence electrons. The van der Waals surface area contributed by atoms with Crippen molar-refractivity contribution in [2.24, 2.45) is 5.92 Å². The first-order valence-electron chi connectivity index (χ1n) is 10.7. The van der Waals surface area contributed by atoms with Gasteiger partial charge in [-0.2, -0.15) is 0 Å². The zero-order chi connectivity index (χ0) is 19.8. The number of piperidine rings is 1. The van der Waals surface area contributed by atoms with Crippen molar-refractivity contribution < 1.29 is 4.79 Å². The summed E-state index contributed by atoms with van der Waals surface area (Å²) in [7, 11) is 0. The smallest absolute Gasteiger partial charge is 0.255 e. The summed E-state index contributed by atoms with van der Waals surface area (Å²) in [6, 6.07) is 13.1. The third-order valence-electron chi connectivity index (χ3n) is 6.64. The largest absolute Gasteiger partial charge is 0.348 e. The molecule has 5 heterocycles. The van der Waals surface area contributed by atoms with Crippen molar-refractivity contribution >= 4 is 16.8 Å². The number of pyridine rings is 1. The maximum atomic E-state index is 13.0. The van der Waals surface area contributed by atoms with E-state index in [4.69, 9.17) is 0 Å². The molecule has 3 saturated heterocycles. The van der Waals surface area contributed by atoms with Gasteiger partial charge in [-0.05, 0) is 55.5 Å². The second-order valence-electron chi connectivity index (χ2n) is 8.43. The Morgan fingerprint density at radius 1 is 1.10 bits per heavy atom. The number of carbonyl (C=O) groups excluding carboxylic acids is 1. The molecule has 2 bridgehead atoms. The van der Waals surface area contributed by atoms with Gasteiger partial charge in [0.25, 0.3) is 5.91 Å². The molecule has 3 aliphatic rings. The molecule has 3 aromatic rings. The predicted molar refractivity (Wildman–Crippen MR) is 115 cm³/mol. The molecular weight excluding hydrogens is 360 g/mol. The van der Waals surface area contributed by atoms with Crippen molar-refractivity contribution in [1.29, 1.82) is 0 Å². The van der Waals surface area contributed by atoms with Crippen LogP contribution in [0.15, 0.2) is 55.0 Å². The van der Waals surface area contributed by atoms with Gasteiger partial charge in [-0.3, -0.25) is 14.7 Å². The Labute approximate surface area is 171 Å². The molecule has 0 unspecified atom stereocenters. The number of carbonyl (C=O) groups is 1. The van der Waals surface area contributed by atoms with Crippen LogP contribution in [0.4, 0.5) is 0 Å². The molecule has 0 radical (unpaired) electrons. The molecule has 0 aliphatic carbocycles. The molecule has 0 spiro atoms. The van der Waals surface area contributed by atoms with E-state index in [1.807, 2.05) is 12.1 Å². The predicted octanol–water partition coefficient (Wildman–Crippen LogP) is 3.79. The van der Waals surface area contributed by atoms with Gasteiger partial charge in [0.15, 0.2) is 0 Å². The third-order valence-corrected chi connectivity index (χ3v) is 6.64. The van der Waals surface area contributed by atoms with Crippen molar-refractivity contribution in [3.8, 4) is 0 Å². The Morgan fingerprint density at radius 2 is 2.03 bits per heavy atom. The Hall–Kier alpha value is -2.66. The molecule has 1 amide bonds. The first-order valence-corrected chi connectivity index (χ1v) is 10.7. The second-order valence-corrected chi connectivity index (χ2v) is 8.43. The average Bonchev–Trinajstić information content (AvgIpc) is 2.98. The van der Waals surface area contributed by atoms with Gasteiger partial charge in [0, 0.05) is 68.3 Å². The molecule has 0 saturated carbocycles. The molecule has 2 atom stereocenters. The van der Waals surface area contributed by atoms with Gasteiger partial charge >= 0.3 is 0 Å². The van der Waals surface area contributed by atoms with Crippen molar-refractivity contribution in [1.82, 2.24) is 19.4 Å². The van der Waals surface area contributed by atoms with Crippen molar-refractivity contribution in [2.45, 2.75) is 38.9 Å². The van der Waals surface area contributed by atoms with Gasteiger partial charge in [0.2, 0.25) is 0 Å². The summed E-state index contributed by atoms with van der Waals surface area (Å²) in [5, 5.41) is 1.36. The number of nitrogens with zero attached hydrogens (tertiary/aromatic N) is 4. The van der Waals surface area contributed by atoms with E-state index in [1.54, 1.807) is 12.4 Å². The summed E-state index contributed by atoms with van der Waals surface area (Å²) in [6.45, 7) is 6.89. The lowest BCUT2D eigenvalue weighted by Crippen LogP contribution is -2.43. The van der Waals surface area contributed by atoms with Crippen molar-refractivity contribution in [3.05, 3.63) is 66.1 Å². The van der Waals surface area contributed by atoms with Gasteiger partial charge in [0.1, 0.15) is 0 Å². The molecule has 29 heavy (non-hydrogen) atoms. The van der Waals surface area contributed by atoms with Crippen LogP contribution < -0.4 is 0 Å². The number of rotatable bonds is 4. The quantitative estimate of drug-likeness (QED) is 0.683. The minimum Gasteiger partial charge on any atom is -0.348 e. The van der Waals surface area contributed by atoms with Gasteiger partial charge < -0.3 is 9.47 Å². The number of benzene rings is 1. The summed E-state index contributed by atoms with van der Waals surface area (Å²) in [6.07, 6.45) is 7.99. The third kappa shape index (κ3) is 3.44. The average molecular weight is 389 g/mol. The van der Waals surface area contributed by atoms with Crippen LogP contribution in [0.3, 0.4) is 0 Å². The van der Waals surface area contributed by atoms with E-state index in [1.165, 1.54) is 29.3 Å². The van der Waals surface area contributed by atoms with E-state index in [-0.39, 0.29) is 5.91 Å². The van der Waals surface area contributed by atoms with E-state index in [9.17, 15) is 4.79 Å². The molecule has 5 nitrogen and oxygen atoms in total. The number of aryl methyl sites for hydroxylation is 1. The summed E-state index contributed by atoms with van der Waals surface area (Å²) in [5.41, 5.74) is 3.41. The van der Waals surface area contributed by atoms with Crippen LogP contribution in [0, 0.1) is 5.92 Å². The lowest BCUT2D eigenvalue weighted by Gasteiger charge is -2.36. The van der Waals surface area contributed by atoms with E-state index >= 15 is 0 Å². The van der Waals surface area contributed by atoms with Crippen LogP contribution in [0.5, 0.6) is 0 Å². The lowest BCUT2D eigenvalue weighted by atomic mass is 9.94. The molecule has 5 heteroatoms. The molecular formula is C24H28N4O. The summed E-state index contributed by atoms with van der Waals surface area (Å²) in [5.74, 6) is 0.674. The van der Waals surface area contributed by atoms with Crippen LogP contribution in [0.1, 0.15) is 35.7 Å². The second kappa shape index (κ2) is 7.64. The van der Waals surface area contributed by atoms with E-state index in [0.29, 0.717) is 17.5 Å². The Balaban J connectivity index is 1.37. The topological polar surface area (TPSA) is 41.4 Å². The maximum Gasteiger partial charge on any atom is 0.255 e. The SMILES string of the molecule is CCn1ccc2c(CN3C[C@H]4CC[C@@H]3CN(C(=O)c3cccnc3)C4)cccc21. The lowest BCUT2D eigenvalue weighted by molar-refractivity contribution is 0.0735. The molecule has 0 N–H and O–H groups in total. The summed E-state index contributed by atoms with van der Waals surface area (Å²) in [4.78, 5) is 21.8. The highest BCUT2D eigenvalue weighted by Gasteiger charge is 2.36. The molecule has 6 rings (SSSR count). The van der Waals surface area contributed by atoms with E-state index in [0.717, 1.165) is 32.7 Å². The van der Waals surface area contributed by atoms with Gasteiger partial charge in [-0.1, -0.05) is 12.1 Å². The fourth-order valence-corrected chi connectivity index (χ4v) is 5.13. The zero-order valence-electron chi connectivity index (χ0n) is 17.0. The van der Waals surface area contributed by atoms with Crippen LogP contribution in [-0.2, 0) is 13.1 Å². The highest BCUT2D eigenvalue weighted by atomic mass is 16.2. The zero-order valence-corrected chi connectivity index (χ0v) is 17.0. The highest BCUT2D eigenvalue weighted by molar-refractivity contribution is 5.94. The van der Waals surface area contributed by atoms with Crippen LogP contribution in [-0.4, -0.2) is 50.9 Å². The Kier molecular flexibility index (Phi) is 4.84. The first kappa shape index (κ1) is 18.4. The molecule has 3 fully saturated rings. The number of hydrogen-bond acceptors (Lipinski definition) is 3. The van der Waals surface area contributed by atoms with Crippen molar-refractivity contribution in [3.63, 3.8) is 0 Å². The number of fused-ring (bicyclic) bond motifs is 5.